The summed E-state index contributed by atoms with van der Waals surface area (Å²) in [5.74, 6) is -0.861. The lowest BCUT2D eigenvalue weighted by molar-refractivity contribution is -0.137. The molecule has 2 nitrogen and oxygen atoms in total. The molecule has 1 amide bonds. The second-order valence-corrected chi connectivity index (χ2v) is 3.72. The molecule has 6 heteroatoms. The molecule has 0 aliphatic rings. The standard InChI is InChI=1S/C8H5F3INO/c9-8(10,11)4-1-2-6(12)5(3-4)7(13)14/h1-3H,(H2,13,14). The largest absolute Gasteiger partial charge is 0.416 e. The highest BCUT2D eigenvalue weighted by Crippen LogP contribution is 2.30. The molecule has 0 heterocycles. The van der Waals surface area contributed by atoms with E-state index in [1.165, 1.54) is 6.07 Å². The maximum atomic E-state index is 12.2. The number of amides is 1. The Morgan fingerprint density at radius 2 is 1.93 bits per heavy atom. The van der Waals surface area contributed by atoms with Gasteiger partial charge in [0.05, 0.1) is 11.1 Å². The second kappa shape index (κ2) is 3.76. The Kier molecular flexibility index (Phi) is 3.03. The fraction of sp³-hybridized carbons (Fsp3) is 0.125. The van der Waals surface area contributed by atoms with Crippen molar-refractivity contribution in [2.75, 3.05) is 0 Å². The van der Waals surface area contributed by atoms with Gasteiger partial charge < -0.3 is 5.73 Å². The number of halogens is 4. The van der Waals surface area contributed by atoms with E-state index in [9.17, 15) is 18.0 Å². The van der Waals surface area contributed by atoms with Gasteiger partial charge in [-0.2, -0.15) is 13.2 Å². The van der Waals surface area contributed by atoms with Crippen molar-refractivity contribution in [2.24, 2.45) is 5.73 Å². The first-order valence-corrected chi connectivity index (χ1v) is 4.57. The maximum absolute atomic E-state index is 12.2. The minimum Gasteiger partial charge on any atom is -0.366 e. The molecule has 0 unspecified atom stereocenters. The van der Waals surface area contributed by atoms with E-state index in [2.05, 4.69) is 0 Å². The van der Waals surface area contributed by atoms with Crippen molar-refractivity contribution in [1.29, 1.82) is 0 Å². The Hall–Kier alpha value is -0.790. The monoisotopic (exact) mass is 315 g/mol. The Balaban J connectivity index is 3.27. The Morgan fingerprint density at radius 3 is 2.36 bits per heavy atom. The van der Waals surface area contributed by atoms with Crippen molar-refractivity contribution < 1.29 is 18.0 Å². The number of primary amides is 1. The van der Waals surface area contributed by atoms with E-state index >= 15 is 0 Å². The number of carbonyl (C=O) groups excluding carboxylic acids is 1. The first-order chi connectivity index (χ1) is 6.32. The molecule has 0 bridgehead atoms. The van der Waals surface area contributed by atoms with Crippen molar-refractivity contribution in [3.05, 3.63) is 32.9 Å². The van der Waals surface area contributed by atoms with E-state index < -0.39 is 17.6 Å². The van der Waals surface area contributed by atoms with Crippen LogP contribution in [0.5, 0.6) is 0 Å². The number of benzene rings is 1. The van der Waals surface area contributed by atoms with Gasteiger partial charge in [0.1, 0.15) is 0 Å². The topological polar surface area (TPSA) is 43.1 Å². The Labute approximate surface area is 91.4 Å². The summed E-state index contributed by atoms with van der Waals surface area (Å²) >= 11 is 1.75. The fourth-order valence-electron chi connectivity index (χ4n) is 0.890. The molecule has 1 rings (SSSR count). The molecule has 14 heavy (non-hydrogen) atoms. The van der Waals surface area contributed by atoms with Crippen molar-refractivity contribution in [2.45, 2.75) is 6.18 Å². The number of nitrogens with two attached hydrogens (primary N) is 1. The van der Waals surface area contributed by atoms with Crippen LogP contribution in [-0.2, 0) is 6.18 Å². The van der Waals surface area contributed by atoms with Gasteiger partial charge in [0, 0.05) is 3.57 Å². The van der Waals surface area contributed by atoms with E-state index in [4.69, 9.17) is 5.73 Å². The highest BCUT2D eigenvalue weighted by atomic mass is 127. The number of carbonyl (C=O) groups is 1. The number of alkyl halides is 3. The molecule has 76 valence electrons. The molecule has 0 aliphatic carbocycles. The van der Waals surface area contributed by atoms with Gasteiger partial charge in [-0.15, -0.1) is 0 Å². The van der Waals surface area contributed by atoms with Crippen LogP contribution in [0, 0.1) is 3.57 Å². The van der Waals surface area contributed by atoms with Crippen molar-refractivity contribution in [1.82, 2.24) is 0 Å². The third kappa shape index (κ3) is 2.37. The van der Waals surface area contributed by atoms with Crippen LogP contribution in [0.2, 0.25) is 0 Å². The number of hydrogen-bond acceptors (Lipinski definition) is 1. The zero-order valence-electron chi connectivity index (χ0n) is 6.73. The zero-order chi connectivity index (χ0) is 10.9. The minimum atomic E-state index is -4.45. The predicted molar refractivity (Wildman–Crippen MR) is 52.7 cm³/mol. The van der Waals surface area contributed by atoms with Crippen LogP contribution >= 0.6 is 22.6 Å². The lowest BCUT2D eigenvalue weighted by Crippen LogP contribution is -2.15. The molecular weight excluding hydrogens is 310 g/mol. The van der Waals surface area contributed by atoms with Gasteiger partial charge >= 0.3 is 6.18 Å². The fourth-order valence-corrected chi connectivity index (χ4v) is 1.49. The molecule has 0 fully saturated rings. The number of hydrogen-bond donors (Lipinski definition) is 1. The van der Waals surface area contributed by atoms with E-state index in [1.807, 2.05) is 0 Å². The molecule has 0 saturated heterocycles. The summed E-state index contributed by atoms with van der Waals surface area (Å²) in [5.41, 5.74) is 3.94. The molecule has 0 atom stereocenters. The average molecular weight is 315 g/mol. The van der Waals surface area contributed by atoms with Crippen LogP contribution in [0.3, 0.4) is 0 Å². The van der Waals surface area contributed by atoms with E-state index in [0.29, 0.717) is 3.57 Å². The molecule has 0 aliphatic heterocycles. The first-order valence-electron chi connectivity index (χ1n) is 3.49. The Bertz CT molecular complexity index is 375. The van der Waals surface area contributed by atoms with E-state index in [-0.39, 0.29) is 5.56 Å². The summed E-state index contributed by atoms with van der Waals surface area (Å²) in [6.07, 6.45) is -4.45. The minimum absolute atomic E-state index is 0.111. The van der Waals surface area contributed by atoms with Crippen LogP contribution in [0.25, 0.3) is 0 Å². The summed E-state index contributed by atoms with van der Waals surface area (Å²) < 4.78 is 37.0. The molecule has 0 saturated carbocycles. The highest BCUT2D eigenvalue weighted by Gasteiger charge is 2.31. The quantitative estimate of drug-likeness (QED) is 0.795. The molecular formula is C8H5F3INO. The van der Waals surface area contributed by atoms with Crippen LogP contribution in [0.4, 0.5) is 13.2 Å². The summed E-state index contributed by atoms with van der Waals surface area (Å²) in [6, 6.07) is 2.88. The van der Waals surface area contributed by atoms with Crippen LogP contribution < -0.4 is 5.73 Å². The molecule has 1 aromatic rings. The van der Waals surface area contributed by atoms with Crippen LogP contribution in [-0.4, -0.2) is 5.91 Å². The van der Waals surface area contributed by atoms with Crippen molar-refractivity contribution in [3.63, 3.8) is 0 Å². The maximum Gasteiger partial charge on any atom is 0.416 e. The van der Waals surface area contributed by atoms with Gasteiger partial charge in [-0.1, -0.05) is 0 Å². The smallest absolute Gasteiger partial charge is 0.366 e. The van der Waals surface area contributed by atoms with Gasteiger partial charge in [0.2, 0.25) is 5.91 Å². The summed E-state index contributed by atoms with van der Waals surface area (Å²) in [5, 5.41) is 0. The highest BCUT2D eigenvalue weighted by molar-refractivity contribution is 14.1. The normalized spacial score (nSPS) is 11.4. The SMILES string of the molecule is NC(=O)c1cc(C(F)(F)F)ccc1I. The van der Waals surface area contributed by atoms with E-state index in [1.54, 1.807) is 22.6 Å². The first kappa shape index (κ1) is 11.3. The van der Waals surface area contributed by atoms with Gasteiger partial charge in [-0.05, 0) is 40.8 Å². The van der Waals surface area contributed by atoms with Gasteiger partial charge in [0.25, 0.3) is 0 Å². The Morgan fingerprint density at radius 1 is 1.36 bits per heavy atom. The average Bonchev–Trinajstić information content (AvgIpc) is 2.02. The van der Waals surface area contributed by atoms with Gasteiger partial charge in [-0.3, -0.25) is 4.79 Å². The van der Waals surface area contributed by atoms with Gasteiger partial charge in [0.15, 0.2) is 0 Å². The molecule has 1 aromatic carbocycles. The lowest BCUT2D eigenvalue weighted by atomic mass is 10.1. The molecule has 2 N–H and O–H groups in total. The molecule has 0 radical (unpaired) electrons. The number of rotatable bonds is 1. The summed E-state index contributed by atoms with van der Waals surface area (Å²) in [7, 11) is 0. The molecule has 0 spiro atoms. The van der Waals surface area contributed by atoms with E-state index in [0.717, 1.165) is 12.1 Å². The van der Waals surface area contributed by atoms with Crippen LogP contribution in [0.15, 0.2) is 18.2 Å². The summed E-state index contributed by atoms with van der Waals surface area (Å²) in [6.45, 7) is 0. The second-order valence-electron chi connectivity index (χ2n) is 2.56. The zero-order valence-corrected chi connectivity index (χ0v) is 8.89. The van der Waals surface area contributed by atoms with Crippen molar-refractivity contribution >= 4 is 28.5 Å². The van der Waals surface area contributed by atoms with Crippen molar-refractivity contribution in [3.8, 4) is 0 Å². The third-order valence-electron chi connectivity index (χ3n) is 1.56. The van der Waals surface area contributed by atoms with Gasteiger partial charge in [-0.25, -0.2) is 0 Å². The molecule has 0 aromatic heterocycles. The predicted octanol–water partition coefficient (Wildman–Crippen LogP) is 2.41. The summed E-state index contributed by atoms with van der Waals surface area (Å²) in [4.78, 5) is 10.8. The lowest BCUT2D eigenvalue weighted by Gasteiger charge is -2.08. The van der Waals surface area contributed by atoms with Crippen LogP contribution in [0.1, 0.15) is 15.9 Å². The third-order valence-corrected chi connectivity index (χ3v) is 2.50.